The van der Waals surface area contributed by atoms with Gasteiger partial charge in [0.15, 0.2) is 0 Å². The van der Waals surface area contributed by atoms with Gasteiger partial charge in [-0.15, -0.1) is 0 Å². The minimum atomic E-state index is -0.304. The summed E-state index contributed by atoms with van der Waals surface area (Å²) >= 11 is 0. The largest absolute Gasteiger partial charge is 0.322 e. The molecule has 0 bridgehead atoms. The molecule has 0 aliphatic carbocycles. The zero-order valence-electron chi connectivity index (χ0n) is 9.46. The summed E-state index contributed by atoms with van der Waals surface area (Å²) < 4.78 is 0. The van der Waals surface area contributed by atoms with E-state index in [1.807, 2.05) is 45.9 Å². The standard InChI is InChI=1S/C12H20N2/c1-11(2,13)9-6-5-7-10(8-9)12(3,4)14/h5-8H,13-14H2,1-4H3. The van der Waals surface area contributed by atoms with Gasteiger partial charge in [-0.1, -0.05) is 24.3 Å². The van der Waals surface area contributed by atoms with E-state index in [-0.39, 0.29) is 11.1 Å². The van der Waals surface area contributed by atoms with Crippen LogP contribution in [0.2, 0.25) is 0 Å². The van der Waals surface area contributed by atoms with Gasteiger partial charge in [-0.2, -0.15) is 0 Å². The zero-order chi connectivity index (χ0) is 11.0. The fourth-order valence-corrected chi connectivity index (χ4v) is 1.32. The first-order valence-electron chi connectivity index (χ1n) is 4.90. The summed E-state index contributed by atoms with van der Waals surface area (Å²) in [6, 6.07) is 8.17. The quantitative estimate of drug-likeness (QED) is 0.753. The Morgan fingerprint density at radius 2 is 1.21 bits per heavy atom. The zero-order valence-corrected chi connectivity index (χ0v) is 9.46. The lowest BCUT2D eigenvalue weighted by molar-refractivity contribution is 0.534. The van der Waals surface area contributed by atoms with Crippen molar-refractivity contribution >= 4 is 0 Å². The van der Waals surface area contributed by atoms with E-state index in [0.717, 1.165) is 11.1 Å². The maximum atomic E-state index is 6.03. The topological polar surface area (TPSA) is 52.0 Å². The number of rotatable bonds is 2. The third-order valence-corrected chi connectivity index (χ3v) is 2.35. The summed E-state index contributed by atoms with van der Waals surface area (Å²) in [5.41, 5.74) is 13.7. The second-order valence-corrected chi connectivity index (χ2v) is 5.02. The summed E-state index contributed by atoms with van der Waals surface area (Å²) in [5.74, 6) is 0. The molecule has 1 aromatic carbocycles. The number of nitrogens with two attached hydrogens (primary N) is 2. The van der Waals surface area contributed by atoms with Crippen LogP contribution in [0.3, 0.4) is 0 Å². The molecule has 0 aliphatic heterocycles. The van der Waals surface area contributed by atoms with Crippen LogP contribution < -0.4 is 11.5 Å². The van der Waals surface area contributed by atoms with E-state index < -0.39 is 0 Å². The predicted molar refractivity (Wildman–Crippen MR) is 60.9 cm³/mol. The van der Waals surface area contributed by atoms with Crippen molar-refractivity contribution in [3.8, 4) is 0 Å². The van der Waals surface area contributed by atoms with Gasteiger partial charge in [0, 0.05) is 11.1 Å². The fourth-order valence-electron chi connectivity index (χ4n) is 1.32. The molecule has 0 fully saturated rings. The lowest BCUT2D eigenvalue weighted by atomic mass is 9.88. The Balaban J connectivity index is 3.15. The molecule has 78 valence electrons. The average molecular weight is 192 g/mol. The molecule has 0 aliphatic rings. The van der Waals surface area contributed by atoms with Gasteiger partial charge in [0.05, 0.1) is 0 Å². The van der Waals surface area contributed by atoms with Gasteiger partial charge in [-0.3, -0.25) is 0 Å². The first-order valence-corrected chi connectivity index (χ1v) is 4.90. The molecule has 1 aromatic rings. The van der Waals surface area contributed by atoms with Crippen LogP contribution in [0, 0.1) is 0 Å². The Morgan fingerprint density at radius 3 is 1.50 bits per heavy atom. The van der Waals surface area contributed by atoms with Gasteiger partial charge >= 0.3 is 0 Å². The van der Waals surface area contributed by atoms with Crippen molar-refractivity contribution in [3.05, 3.63) is 35.4 Å². The van der Waals surface area contributed by atoms with E-state index in [4.69, 9.17) is 11.5 Å². The number of hydrogen-bond donors (Lipinski definition) is 2. The Bertz CT molecular complexity index is 287. The van der Waals surface area contributed by atoms with Crippen LogP contribution in [-0.4, -0.2) is 0 Å². The van der Waals surface area contributed by atoms with E-state index in [1.54, 1.807) is 0 Å². The van der Waals surface area contributed by atoms with Crippen LogP contribution in [0.5, 0.6) is 0 Å². The smallest absolute Gasteiger partial charge is 0.0352 e. The average Bonchev–Trinajstić information content (AvgIpc) is 2.01. The molecule has 0 unspecified atom stereocenters. The van der Waals surface area contributed by atoms with Gasteiger partial charge in [0.1, 0.15) is 0 Å². The summed E-state index contributed by atoms with van der Waals surface area (Å²) in [4.78, 5) is 0. The third-order valence-electron chi connectivity index (χ3n) is 2.35. The highest BCUT2D eigenvalue weighted by atomic mass is 14.7. The molecule has 14 heavy (non-hydrogen) atoms. The van der Waals surface area contributed by atoms with E-state index in [2.05, 4.69) is 6.07 Å². The van der Waals surface area contributed by atoms with E-state index in [1.165, 1.54) is 0 Å². The minimum absolute atomic E-state index is 0.304. The van der Waals surface area contributed by atoms with Gasteiger partial charge in [0.2, 0.25) is 0 Å². The molecular weight excluding hydrogens is 172 g/mol. The highest BCUT2D eigenvalue weighted by Crippen LogP contribution is 2.23. The molecule has 0 amide bonds. The highest BCUT2D eigenvalue weighted by molar-refractivity contribution is 5.31. The van der Waals surface area contributed by atoms with Gasteiger partial charge < -0.3 is 11.5 Å². The number of benzene rings is 1. The van der Waals surface area contributed by atoms with Crippen LogP contribution in [0.4, 0.5) is 0 Å². The monoisotopic (exact) mass is 192 g/mol. The molecule has 0 heterocycles. The first-order chi connectivity index (χ1) is 6.21. The van der Waals surface area contributed by atoms with Crippen molar-refractivity contribution < 1.29 is 0 Å². The predicted octanol–water partition coefficient (Wildman–Crippen LogP) is 2.07. The molecule has 0 aromatic heterocycles. The molecule has 0 spiro atoms. The van der Waals surface area contributed by atoms with Gasteiger partial charge in [-0.25, -0.2) is 0 Å². The molecule has 0 saturated carbocycles. The molecule has 0 radical (unpaired) electrons. The molecule has 4 N–H and O–H groups in total. The van der Waals surface area contributed by atoms with Crippen LogP contribution in [0.1, 0.15) is 38.8 Å². The van der Waals surface area contributed by atoms with Crippen molar-refractivity contribution in [2.24, 2.45) is 11.5 Å². The van der Waals surface area contributed by atoms with Gasteiger partial charge in [-0.05, 0) is 38.8 Å². The molecule has 2 heteroatoms. The van der Waals surface area contributed by atoms with Crippen molar-refractivity contribution in [2.45, 2.75) is 38.8 Å². The first kappa shape index (κ1) is 11.2. The maximum absolute atomic E-state index is 6.03. The molecule has 2 nitrogen and oxygen atoms in total. The third kappa shape index (κ3) is 2.56. The molecular formula is C12H20N2. The highest BCUT2D eigenvalue weighted by Gasteiger charge is 2.18. The Hall–Kier alpha value is -0.860. The Morgan fingerprint density at radius 1 is 0.857 bits per heavy atom. The lowest BCUT2D eigenvalue weighted by Gasteiger charge is -2.24. The van der Waals surface area contributed by atoms with Crippen LogP contribution in [0.25, 0.3) is 0 Å². The van der Waals surface area contributed by atoms with Crippen molar-refractivity contribution in [1.82, 2.24) is 0 Å². The Kier molecular flexibility index (Phi) is 2.70. The second-order valence-electron chi connectivity index (χ2n) is 5.02. The summed E-state index contributed by atoms with van der Waals surface area (Å²) in [6.45, 7) is 7.98. The van der Waals surface area contributed by atoms with Crippen LogP contribution in [-0.2, 0) is 11.1 Å². The molecule has 1 rings (SSSR count). The van der Waals surface area contributed by atoms with E-state index >= 15 is 0 Å². The summed E-state index contributed by atoms with van der Waals surface area (Å²) in [7, 11) is 0. The van der Waals surface area contributed by atoms with Crippen molar-refractivity contribution in [3.63, 3.8) is 0 Å². The van der Waals surface area contributed by atoms with Crippen molar-refractivity contribution in [1.29, 1.82) is 0 Å². The fraction of sp³-hybridized carbons (Fsp3) is 0.500. The van der Waals surface area contributed by atoms with Crippen molar-refractivity contribution in [2.75, 3.05) is 0 Å². The van der Waals surface area contributed by atoms with Gasteiger partial charge in [0.25, 0.3) is 0 Å². The minimum Gasteiger partial charge on any atom is -0.322 e. The second kappa shape index (κ2) is 3.37. The lowest BCUT2D eigenvalue weighted by Crippen LogP contribution is -2.32. The number of hydrogen-bond acceptors (Lipinski definition) is 2. The van der Waals surface area contributed by atoms with Crippen LogP contribution >= 0.6 is 0 Å². The maximum Gasteiger partial charge on any atom is 0.0352 e. The molecule has 0 atom stereocenters. The van der Waals surface area contributed by atoms with E-state index in [0.29, 0.717) is 0 Å². The SMILES string of the molecule is CC(C)(N)c1cccc(C(C)(C)N)c1. The normalized spacial score (nSPS) is 13.0. The summed E-state index contributed by atoms with van der Waals surface area (Å²) in [6.07, 6.45) is 0. The molecule has 0 saturated heterocycles. The summed E-state index contributed by atoms with van der Waals surface area (Å²) in [5, 5.41) is 0. The van der Waals surface area contributed by atoms with Crippen LogP contribution in [0.15, 0.2) is 24.3 Å². The Labute approximate surface area is 86.3 Å². The van der Waals surface area contributed by atoms with E-state index in [9.17, 15) is 0 Å².